The molecule has 3 heterocycles. The molecule has 31 heavy (non-hydrogen) atoms. The van der Waals surface area contributed by atoms with Gasteiger partial charge in [0.05, 0.1) is 24.1 Å². The largest absolute Gasteiger partial charge is 0.454 e. The molecule has 9 nitrogen and oxygen atoms in total. The molecule has 2 amide bonds. The lowest BCUT2D eigenvalue weighted by atomic mass is 10.00. The van der Waals surface area contributed by atoms with E-state index in [4.69, 9.17) is 14.2 Å². The Labute approximate surface area is 180 Å². The molecule has 1 unspecified atom stereocenters. The molecular formula is C22H26N4O5. The number of rotatable bonds is 7. The van der Waals surface area contributed by atoms with Crippen LogP contribution in [-0.2, 0) is 21.4 Å². The molecule has 2 aliphatic heterocycles. The maximum Gasteiger partial charge on any atom is 0.262 e. The smallest absolute Gasteiger partial charge is 0.262 e. The van der Waals surface area contributed by atoms with E-state index in [2.05, 4.69) is 5.10 Å². The molecule has 0 radical (unpaired) electrons. The van der Waals surface area contributed by atoms with Gasteiger partial charge in [0.25, 0.3) is 5.91 Å². The first-order valence-corrected chi connectivity index (χ1v) is 10.1. The highest BCUT2D eigenvalue weighted by Crippen LogP contribution is 2.39. The summed E-state index contributed by atoms with van der Waals surface area (Å²) in [5.74, 6) is 0.905. The molecule has 0 aliphatic carbocycles. The predicted octanol–water partition coefficient (Wildman–Crippen LogP) is 1.93. The lowest BCUT2D eigenvalue weighted by Crippen LogP contribution is -2.41. The van der Waals surface area contributed by atoms with E-state index in [1.807, 2.05) is 48.1 Å². The number of carbonyl (C=O) groups excluding carboxylic acids is 2. The Balaban J connectivity index is 1.63. The van der Waals surface area contributed by atoms with Gasteiger partial charge in [0.2, 0.25) is 12.7 Å². The third-order valence-electron chi connectivity index (χ3n) is 5.52. The normalized spacial score (nSPS) is 17.1. The first-order valence-electron chi connectivity index (χ1n) is 10.1. The Morgan fingerprint density at radius 3 is 2.77 bits per heavy atom. The zero-order valence-electron chi connectivity index (χ0n) is 17.9. The second-order valence-electron chi connectivity index (χ2n) is 7.56. The highest BCUT2D eigenvalue weighted by Gasteiger charge is 2.35. The second kappa shape index (κ2) is 8.81. The van der Waals surface area contributed by atoms with Gasteiger partial charge in [-0.2, -0.15) is 5.10 Å². The molecule has 0 bridgehead atoms. The maximum absolute atomic E-state index is 13.3. The molecule has 0 N–H and O–H groups in total. The zero-order valence-corrected chi connectivity index (χ0v) is 17.9. The van der Waals surface area contributed by atoms with Crippen molar-refractivity contribution >= 4 is 17.5 Å². The molecule has 164 valence electrons. The van der Waals surface area contributed by atoms with Crippen molar-refractivity contribution in [2.24, 2.45) is 12.1 Å². The number of ether oxygens (including phenoxy) is 3. The summed E-state index contributed by atoms with van der Waals surface area (Å²) >= 11 is 0. The van der Waals surface area contributed by atoms with Crippen molar-refractivity contribution in [2.75, 3.05) is 33.6 Å². The van der Waals surface area contributed by atoms with Crippen molar-refractivity contribution < 1.29 is 23.8 Å². The van der Waals surface area contributed by atoms with E-state index in [9.17, 15) is 9.59 Å². The lowest BCUT2D eigenvalue weighted by molar-refractivity contribution is -0.141. The first-order chi connectivity index (χ1) is 15.0. The summed E-state index contributed by atoms with van der Waals surface area (Å²) in [6.07, 6.45) is 2.50. The summed E-state index contributed by atoms with van der Waals surface area (Å²) < 4.78 is 18.0. The van der Waals surface area contributed by atoms with Crippen LogP contribution < -0.4 is 9.47 Å². The van der Waals surface area contributed by atoms with Gasteiger partial charge < -0.3 is 23.7 Å². The first kappa shape index (κ1) is 20.9. The van der Waals surface area contributed by atoms with E-state index in [0.29, 0.717) is 31.1 Å². The van der Waals surface area contributed by atoms with Crippen molar-refractivity contribution in [3.63, 3.8) is 0 Å². The number of benzene rings is 1. The molecule has 9 heteroatoms. The summed E-state index contributed by atoms with van der Waals surface area (Å²) in [5.41, 5.74) is 2.66. The molecule has 0 saturated carbocycles. The minimum atomic E-state index is -0.303. The van der Waals surface area contributed by atoms with Crippen molar-refractivity contribution in [1.82, 2.24) is 14.5 Å². The van der Waals surface area contributed by atoms with Gasteiger partial charge in [-0.15, -0.1) is 0 Å². The molecule has 1 aromatic heterocycles. The molecular weight excluding hydrogens is 400 g/mol. The Morgan fingerprint density at radius 1 is 1.26 bits per heavy atom. The van der Waals surface area contributed by atoms with Crippen LogP contribution >= 0.6 is 0 Å². The summed E-state index contributed by atoms with van der Waals surface area (Å²) in [4.78, 5) is 26.7. The van der Waals surface area contributed by atoms with Crippen LogP contribution in [0, 0.1) is 0 Å². The number of fused-ring (bicyclic) bond motifs is 1. The van der Waals surface area contributed by atoms with Gasteiger partial charge in [-0.1, -0.05) is 6.07 Å². The average Bonchev–Trinajstić information content (AvgIpc) is 3.48. The van der Waals surface area contributed by atoms with Gasteiger partial charge in [0, 0.05) is 40.2 Å². The third-order valence-corrected chi connectivity index (χ3v) is 5.52. The number of aryl methyl sites for hydroxylation is 1. The average molecular weight is 426 g/mol. The molecule has 0 spiro atoms. The topological polar surface area (TPSA) is 85.6 Å². The van der Waals surface area contributed by atoms with E-state index >= 15 is 0 Å². The van der Waals surface area contributed by atoms with Gasteiger partial charge in [0.1, 0.15) is 6.54 Å². The van der Waals surface area contributed by atoms with Crippen LogP contribution in [0.3, 0.4) is 0 Å². The maximum atomic E-state index is 13.3. The number of amides is 2. The quantitative estimate of drug-likeness (QED) is 0.675. The van der Waals surface area contributed by atoms with E-state index in [-0.39, 0.29) is 31.2 Å². The second-order valence-corrected chi connectivity index (χ2v) is 7.56. The minimum Gasteiger partial charge on any atom is -0.454 e. The van der Waals surface area contributed by atoms with E-state index < -0.39 is 0 Å². The van der Waals surface area contributed by atoms with Crippen LogP contribution in [-0.4, -0.2) is 65.6 Å². The highest BCUT2D eigenvalue weighted by atomic mass is 16.7. The monoisotopic (exact) mass is 426 g/mol. The zero-order chi connectivity index (χ0) is 22.0. The number of hydrazone groups is 1. The number of hydrogen-bond acceptors (Lipinski definition) is 6. The van der Waals surface area contributed by atoms with Crippen molar-refractivity contribution in [1.29, 1.82) is 0 Å². The summed E-state index contributed by atoms with van der Waals surface area (Å²) in [5, 5.41) is 6.16. The fraction of sp³-hybridized carbons (Fsp3) is 0.409. The molecule has 2 aliphatic rings. The predicted molar refractivity (Wildman–Crippen MR) is 113 cm³/mol. The molecule has 0 saturated heterocycles. The summed E-state index contributed by atoms with van der Waals surface area (Å²) in [7, 11) is 3.51. The molecule has 4 rings (SSSR count). The van der Waals surface area contributed by atoms with Gasteiger partial charge in [-0.05, 0) is 29.8 Å². The van der Waals surface area contributed by atoms with Crippen LogP contribution in [0.25, 0.3) is 0 Å². The Kier molecular flexibility index (Phi) is 5.94. The van der Waals surface area contributed by atoms with E-state index in [0.717, 1.165) is 17.0 Å². The number of nitrogens with zero attached hydrogens (tertiary/aromatic N) is 4. The molecule has 1 aromatic carbocycles. The highest BCUT2D eigenvalue weighted by molar-refractivity contribution is 6.02. The number of hydrogen-bond donors (Lipinski definition) is 0. The molecule has 2 aromatic rings. The van der Waals surface area contributed by atoms with Crippen molar-refractivity contribution in [2.45, 2.75) is 19.4 Å². The third kappa shape index (κ3) is 4.27. The Hall–Kier alpha value is -3.33. The van der Waals surface area contributed by atoms with Gasteiger partial charge >= 0.3 is 0 Å². The van der Waals surface area contributed by atoms with Crippen LogP contribution in [0.15, 0.2) is 41.6 Å². The van der Waals surface area contributed by atoms with Crippen molar-refractivity contribution in [3.8, 4) is 11.5 Å². The number of carbonyl (C=O) groups is 2. The van der Waals surface area contributed by atoms with Crippen LogP contribution in [0.1, 0.15) is 30.6 Å². The molecule has 0 fully saturated rings. The SMILES string of the molecule is COCCN(CC(=O)N1N=C(c2cccn2C)CC1c1ccc2c(c1)OCO2)C(C)=O. The lowest BCUT2D eigenvalue weighted by Gasteiger charge is -2.26. The van der Waals surface area contributed by atoms with E-state index in [1.165, 1.54) is 16.8 Å². The number of aromatic nitrogens is 1. The van der Waals surface area contributed by atoms with Crippen LogP contribution in [0.5, 0.6) is 11.5 Å². The van der Waals surface area contributed by atoms with Crippen LogP contribution in [0.4, 0.5) is 0 Å². The Morgan fingerprint density at radius 2 is 2.06 bits per heavy atom. The van der Waals surface area contributed by atoms with Gasteiger partial charge in [-0.25, -0.2) is 5.01 Å². The standard InChI is InChI=1S/C22H26N4O5/c1-15(27)25(9-10-29-3)13-22(28)26-19(12-17(23-26)18-5-4-8-24(18)2)16-6-7-20-21(11-16)31-14-30-20/h4-8,11,19H,9-10,12-14H2,1-3H3. The van der Waals surface area contributed by atoms with Gasteiger partial charge in [-0.3, -0.25) is 9.59 Å². The van der Waals surface area contributed by atoms with E-state index in [1.54, 1.807) is 7.11 Å². The Bertz CT molecular complexity index is 1020. The summed E-state index contributed by atoms with van der Waals surface area (Å²) in [6, 6.07) is 9.29. The fourth-order valence-corrected chi connectivity index (χ4v) is 3.82. The summed E-state index contributed by atoms with van der Waals surface area (Å²) in [6.45, 7) is 2.26. The molecule has 1 atom stereocenters. The fourth-order valence-electron chi connectivity index (χ4n) is 3.82. The van der Waals surface area contributed by atoms with Gasteiger partial charge in [0.15, 0.2) is 11.5 Å². The minimum absolute atomic E-state index is 0.0658. The van der Waals surface area contributed by atoms with Crippen LogP contribution in [0.2, 0.25) is 0 Å². The number of methoxy groups -OCH3 is 1. The van der Waals surface area contributed by atoms with Crippen molar-refractivity contribution in [3.05, 3.63) is 47.8 Å².